The zero-order valence-corrected chi connectivity index (χ0v) is 26.2. The summed E-state index contributed by atoms with van der Waals surface area (Å²) in [5, 5.41) is 15.1. The Kier molecular flexibility index (Phi) is 8.38. The largest absolute Gasteiger partial charge is 0.353 e. The Morgan fingerprint density at radius 3 is 2.60 bits per heavy atom. The van der Waals surface area contributed by atoms with Crippen molar-refractivity contribution in [3.63, 3.8) is 0 Å². The maximum Gasteiger partial charge on any atom is 0.247 e. The molecule has 2 aliphatic rings. The normalized spacial score (nSPS) is 17.6. The van der Waals surface area contributed by atoms with Crippen LogP contribution in [0.15, 0.2) is 61.3 Å². The third-order valence-corrected chi connectivity index (χ3v) is 8.87. The van der Waals surface area contributed by atoms with Crippen molar-refractivity contribution in [1.82, 2.24) is 34.2 Å². The van der Waals surface area contributed by atoms with Crippen LogP contribution in [-0.2, 0) is 29.1 Å². The minimum atomic E-state index is -1.40. The number of aryl methyl sites for hydroxylation is 1. The van der Waals surface area contributed by atoms with Crippen LogP contribution in [0.4, 0.5) is 25.8 Å². The van der Waals surface area contributed by atoms with E-state index in [-0.39, 0.29) is 30.9 Å². The second-order valence-corrected chi connectivity index (χ2v) is 12.2. The van der Waals surface area contributed by atoms with E-state index in [1.807, 2.05) is 4.57 Å². The third-order valence-electron chi connectivity index (χ3n) is 8.87. The second kappa shape index (κ2) is 12.9. The first-order chi connectivity index (χ1) is 23.2. The van der Waals surface area contributed by atoms with E-state index in [1.165, 1.54) is 36.4 Å². The van der Waals surface area contributed by atoms with Gasteiger partial charge in [0.1, 0.15) is 36.7 Å². The molecule has 246 valence electrons. The van der Waals surface area contributed by atoms with Crippen molar-refractivity contribution in [2.24, 2.45) is 0 Å². The number of hydrogen-bond acceptors (Lipinski definition) is 8. The number of alkyl halides is 1. The van der Waals surface area contributed by atoms with Gasteiger partial charge in [0.15, 0.2) is 11.6 Å². The first-order valence-electron chi connectivity index (χ1n) is 15.9. The van der Waals surface area contributed by atoms with E-state index in [1.54, 1.807) is 41.4 Å². The second-order valence-electron chi connectivity index (χ2n) is 12.2. The van der Waals surface area contributed by atoms with Gasteiger partial charge < -0.3 is 24.7 Å². The number of nitrogens with one attached hydrogen (secondary N) is 2. The molecule has 0 spiro atoms. The number of anilines is 3. The molecular weight excluding hydrogens is 620 g/mol. The van der Waals surface area contributed by atoms with Gasteiger partial charge in [-0.3, -0.25) is 14.4 Å². The maximum absolute atomic E-state index is 15.0. The molecule has 2 aliphatic heterocycles. The number of benzene rings is 2. The molecule has 5 heterocycles. The molecule has 2 atom stereocenters. The molecule has 2 unspecified atom stereocenters. The van der Waals surface area contributed by atoms with Gasteiger partial charge in [-0.25, -0.2) is 18.7 Å². The SMILES string of the molecule is CC(=O)c1cn(CC(=O)N2CC(F)CC2C(=O)Nc2ccc(F)c(-c3nnc4n3CCCCC4)c2)c2ccc(Nc3cncnc3)cc12. The van der Waals surface area contributed by atoms with Crippen molar-refractivity contribution in [2.75, 3.05) is 17.2 Å². The fraction of sp³-hybridized carbons (Fsp3) is 0.324. The topological polar surface area (TPSA) is 140 Å². The minimum absolute atomic E-state index is 0.174. The van der Waals surface area contributed by atoms with E-state index < -0.39 is 29.8 Å². The lowest BCUT2D eigenvalue weighted by molar-refractivity contribution is -0.137. The number of likely N-dealkylation sites (tertiary alicyclic amines) is 1. The van der Waals surface area contributed by atoms with Crippen LogP contribution >= 0.6 is 0 Å². The summed E-state index contributed by atoms with van der Waals surface area (Å²) in [5.41, 5.74) is 2.91. The number of nitrogens with zero attached hydrogens (tertiary/aromatic N) is 7. The third kappa shape index (κ3) is 6.12. The minimum Gasteiger partial charge on any atom is -0.353 e. The van der Waals surface area contributed by atoms with Gasteiger partial charge in [0.2, 0.25) is 11.8 Å². The smallest absolute Gasteiger partial charge is 0.247 e. The summed E-state index contributed by atoms with van der Waals surface area (Å²) in [6.45, 7) is 1.67. The van der Waals surface area contributed by atoms with Crippen molar-refractivity contribution in [1.29, 1.82) is 0 Å². The molecular formula is C34H33F2N9O3. The average molecular weight is 654 g/mol. The molecule has 2 N–H and O–H groups in total. The van der Waals surface area contributed by atoms with E-state index in [2.05, 4.69) is 30.8 Å². The fourth-order valence-corrected chi connectivity index (χ4v) is 6.55. The van der Waals surface area contributed by atoms with Crippen molar-refractivity contribution < 1.29 is 23.2 Å². The summed E-state index contributed by atoms with van der Waals surface area (Å²) < 4.78 is 33.4. The molecule has 12 nitrogen and oxygen atoms in total. The summed E-state index contributed by atoms with van der Waals surface area (Å²) in [5.74, 6) is -0.552. The fourth-order valence-electron chi connectivity index (χ4n) is 6.55. The van der Waals surface area contributed by atoms with Crippen LogP contribution in [0.5, 0.6) is 0 Å². The van der Waals surface area contributed by atoms with Crippen LogP contribution in [0.3, 0.4) is 0 Å². The van der Waals surface area contributed by atoms with Gasteiger partial charge in [-0.15, -0.1) is 10.2 Å². The number of fused-ring (bicyclic) bond motifs is 2. The predicted octanol–water partition coefficient (Wildman–Crippen LogP) is 5.08. The highest BCUT2D eigenvalue weighted by Crippen LogP contribution is 2.30. The van der Waals surface area contributed by atoms with E-state index in [0.29, 0.717) is 45.9 Å². The molecule has 2 aromatic carbocycles. The number of ketones is 1. The molecule has 7 rings (SSSR count). The van der Waals surface area contributed by atoms with E-state index >= 15 is 4.39 Å². The highest BCUT2D eigenvalue weighted by atomic mass is 19.1. The number of amides is 2. The van der Waals surface area contributed by atoms with Gasteiger partial charge in [-0.2, -0.15) is 0 Å². The first kappa shape index (κ1) is 31.1. The molecule has 1 fully saturated rings. The van der Waals surface area contributed by atoms with Crippen LogP contribution in [-0.4, -0.2) is 70.6 Å². The highest BCUT2D eigenvalue weighted by molar-refractivity contribution is 6.08. The molecule has 0 aliphatic carbocycles. The Morgan fingerprint density at radius 1 is 0.979 bits per heavy atom. The number of carbonyl (C=O) groups is 3. The standard InChI is InChI=1S/C34H33F2N9O3/c1-20(46)27-17-43(29-9-7-22(12-25(27)29)39-24-14-37-19-38-15-24)18-32(47)45-16-21(35)11-30(45)34(48)40-23-6-8-28(36)26(13-23)33-42-41-31-5-3-2-4-10-44(31)33/h6-9,12-15,17,19,21,30,39H,2-5,10-11,16,18H2,1H3,(H,40,48). The number of Topliss-reactive ketones (excluding diaryl/α,β-unsaturated/α-hetero) is 1. The van der Waals surface area contributed by atoms with Gasteiger partial charge in [0.05, 0.1) is 30.2 Å². The molecule has 3 aromatic heterocycles. The van der Waals surface area contributed by atoms with E-state index in [9.17, 15) is 18.8 Å². The van der Waals surface area contributed by atoms with Crippen LogP contribution in [0, 0.1) is 5.82 Å². The molecule has 0 radical (unpaired) electrons. The number of hydrogen-bond donors (Lipinski definition) is 2. The van der Waals surface area contributed by atoms with E-state index in [0.717, 1.165) is 31.5 Å². The van der Waals surface area contributed by atoms with Gasteiger partial charge in [0.25, 0.3) is 0 Å². The summed E-state index contributed by atoms with van der Waals surface area (Å²) >= 11 is 0. The molecule has 1 saturated heterocycles. The average Bonchev–Trinajstić information content (AvgIpc) is 3.72. The predicted molar refractivity (Wildman–Crippen MR) is 174 cm³/mol. The number of aromatic nitrogens is 6. The van der Waals surface area contributed by atoms with Crippen molar-refractivity contribution in [2.45, 2.75) is 64.3 Å². The van der Waals surface area contributed by atoms with Crippen molar-refractivity contribution >= 4 is 45.6 Å². The summed E-state index contributed by atoms with van der Waals surface area (Å²) in [4.78, 5) is 49.0. The molecule has 0 bridgehead atoms. The lowest BCUT2D eigenvalue weighted by Crippen LogP contribution is -2.44. The van der Waals surface area contributed by atoms with Crippen LogP contribution < -0.4 is 10.6 Å². The molecule has 5 aromatic rings. The Morgan fingerprint density at radius 2 is 1.79 bits per heavy atom. The van der Waals surface area contributed by atoms with Gasteiger partial charge in [-0.1, -0.05) is 6.42 Å². The molecule has 14 heteroatoms. The van der Waals surface area contributed by atoms with Crippen molar-refractivity contribution in [3.05, 3.63) is 78.5 Å². The quantitative estimate of drug-likeness (QED) is 0.221. The maximum atomic E-state index is 15.0. The van der Waals surface area contributed by atoms with Crippen LogP contribution in [0.1, 0.15) is 48.8 Å². The zero-order chi connectivity index (χ0) is 33.4. The Hall–Kier alpha value is -5.53. The summed E-state index contributed by atoms with van der Waals surface area (Å²) in [6, 6.07) is 8.48. The zero-order valence-electron chi connectivity index (χ0n) is 26.2. The number of carbonyl (C=O) groups excluding carboxylic acids is 3. The van der Waals surface area contributed by atoms with Gasteiger partial charge in [0, 0.05) is 53.4 Å². The Bertz CT molecular complexity index is 2030. The summed E-state index contributed by atoms with van der Waals surface area (Å²) in [7, 11) is 0. The van der Waals surface area contributed by atoms with E-state index in [4.69, 9.17) is 0 Å². The van der Waals surface area contributed by atoms with Gasteiger partial charge >= 0.3 is 0 Å². The molecule has 0 saturated carbocycles. The molecule has 2 amide bonds. The lowest BCUT2D eigenvalue weighted by atomic mass is 10.1. The van der Waals surface area contributed by atoms with Crippen LogP contribution in [0.2, 0.25) is 0 Å². The monoisotopic (exact) mass is 653 g/mol. The molecule has 48 heavy (non-hydrogen) atoms. The highest BCUT2D eigenvalue weighted by Gasteiger charge is 2.40. The van der Waals surface area contributed by atoms with Crippen LogP contribution in [0.25, 0.3) is 22.3 Å². The van der Waals surface area contributed by atoms with Crippen molar-refractivity contribution in [3.8, 4) is 11.4 Å². The summed E-state index contributed by atoms with van der Waals surface area (Å²) in [6.07, 6.45) is 8.42. The lowest BCUT2D eigenvalue weighted by Gasteiger charge is -2.24. The Balaban J connectivity index is 1.10. The first-order valence-corrected chi connectivity index (χ1v) is 15.9. The number of halogens is 2. The number of rotatable bonds is 8. The van der Waals surface area contributed by atoms with Gasteiger partial charge in [-0.05, 0) is 56.2 Å². The Labute approximate surface area is 274 Å².